The van der Waals surface area contributed by atoms with Gasteiger partial charge in [0.15, 0.2) is 0 Å². The van der Waals surface area contributed by atoms with E-state index in [1.807, 2.05) is 23.5 Å². The van der Waals surface area contributed by atoms with E-state index in [9.17, 15) is 10.2 Å². The predicted molar refractivity (Wildman–Crippen MR) is 98.9 cm³/mol. The van der Waals surface area contributed by atoms with Crippen molar-refractivity contribution in [2.45, 2.75) is 50.3 Å². The van der Waals surface area contributed by atoms with Gasteiger partial charge < -0.3 is 10.2 Å². The Kier molecular flexibility index (Phi) is 8.33. The van der Waals surface area contributed by atoms with Crippen LogP contribution in [0.3, 0.4) is 0 Å². The third-order valence-electron chi connectivity index (χ3n) is 3.77. The molecule has 0 heterocycles. The van der Waals surface area contributed by atoms with Gasteiger partial charge in [0.2, 0.25) is 0 Å². The minimum absolute atomic E-state index is 0.0162. The molecule has 0 saturated heterocycles. The molecule has 2 N–H and O–H groups in total. The average molecular weight is 343 g/mol. The molecule has 1 rings (SSSR count). The van der Waals surface area contributed by atoms with Crippen molar-refractivity contribution >= 4 is 23.5 Å². The molecular formula is C18H30O2S2. The van der Waals surface area contributed by atoms with Crippen molar-refractivity contribution in [2.75, 3.05) is 24.7 Å². The Hall–Kier alpha value is -0.160. The number of aliphatic hydroxyl groups is 2. The summed E-state index contributed by atoms with van der Waals surface area (Å²) in [5.41, 5.74) is 0.0323. The molecule has 126 valence electrons. The fraction of sp³-hybridized carbons (Fsp3) is 0.667. The quantitative estimate of drug-likeness (QED) is 0.605. The first kappa shape index (κ1) is 19.9. The smallest absolute Gasteiger partial charge is 0.0482 e. The standard InChI is InChI=1S/C18H30O2S2/c1-17(2,13-19)9-11-21-15-5-7-16(8-6-15)22-12-10-18(3,4)14-20/h5-8,19-20H,9-14H2,1-4H3. The van der Waals surface area contributed by atoms with Crippen LogP contribution in [-0.4, -0.2) is 34.9 Å². The van der Waals surface area contributed by atoms with Crippen LogP contribution in [0.2, 0.25) is 0 Å². The number of thioether (sulfide) groups is 2. The molecule has 22 heavy (non-hydrogen) atoms. The van der Waals surface area contributed by atoms with Gasteiger partial charge in [-0.2, -0.15) is 0 Å². The van der Waals surface area contributed by atoms with E-state index in [1.54, 1.807) is 0 Å². The van der Waals surface area contributed by atoms with Gasteiger partial charge in [0.05, 0.1) is 0 Å². The lowest BCUT2D eigenvalue weighted by Gasteiger charge is -2.21. The Labute approximate surface area is 144 Å². The highest BCUT2D eigenvalue weighted by molar-refractivity contribution is 7.99. The molecule has 1 aromatic carbocycles. The van der Waals surface area contributed by atoms with Crippen LogP contribution in [0.4, 0.5) is 0 Å². The summed E-state index contributed by atoms with van der Waals surface area (Å²) in [7, 11) is 0. The lowest BCUT2D eigenvalue weighted by Crippen LogP contribution is -2.17. The summed E-state index contributed by atoms with van der Waals surface area (Å²) < 4.78 is 0. The largest absolute Gasteiger partial charge is 0.396 e. The minimum Gasteiger partial charge on any atom is -0.396 e. The predicted octanol–water partition coefficient (Wildman–Crippen LogP) is 4.69. The van der Waals surface area contributed by atoms with Crippen LogP contribution in [-0.2, 0) is 0 Å². The van der Waals surface area contributed by atoms with Gasteiger partial charge in [-0.3, -0.25) is 0 Å². The zero-order valence-electron chi connectivity index (χ0n) is 14.3. The van der Waals surface area contributed by atoms with Gasteiger partial charge in [-0.05, 0) is 59.4 Å². The molecule has 4 heteroatoms. The molecule has 0 bridgehead atoms. The molecule has 0 fully saturated rings. The molecule has 0 aliphatic carbocycles. The monoisotopic (exact) mass is 342 g/mol. The SMILES string of the molecule is CC(C)(CO)CCSc1ccc(SCCC(C)(C)CO)cc1. The van der Waals surface area contributed by atoms with Crippen molar-refractivity contribution in [1.82, 2.24) is 0 Å². The molecule has 0 unspecified atom stereocenters. The molecule has 0 spiro atoms. The zero-order chi connectivity index (χ0) is 16.6. The molecule has 0 aliphatic rings. The first-order valence-electron chi connectivity index (χ1n) is 7.85. The summed E-state index contributed by atoms with van der Waals surface area (Å²) in [6.45, 7) is 8.88. The first-order valence-corrected chi connectivity index (χ1v) is 9.82. The number of benzene rings is 1. The van der Waals surface area contributed by atoms with Crippen LogP contribution < -0.4 is 0 Å². The fourth-order valence-electron chi connectivity index (χ4n) is 1.68. The van der Waals surface area contributed by atoms with Crippen LogP contribution >= 0.6 is 23.5 Å². The van der Waals surface area contributed by atoms with Gasteiger partial charge in [-0.15, -0.1) is 23.5 Å². The van der Waals surface area contributed by atoms with E-state index in [-0.39, 0.29) is 24.0 Å². The van der Waals surface area contributed by atoms with Crippen molar-refractivity contribution < 1.29 is 10.2 Å². The summed E-state index contributed by atoms with van der Waals surface area (Å²) in [4.78, 5) is 2.57. The van der Waals surface area contributed by atoms with Gasteiger partial charge >= 0.3 is 0 Å². The molecular weight excluding hydrogens is 312 g/mol. The molecule has 0 radical (unpaired) electrons. The van der Waals surface area contributed by atoms with E-state index < -0.39 is 0 Å². The maximum atomic E-state index is 9.26. The van der Waals surface area contributed by atoms with Crippen molar-refractivity contribution in [1.29, 1.82) is 0 Å². The average Bonchev–Trinajstić information content (AvgIpc) is 2.48. The summed E-state index contributed by atoms with van der Waals surface area (Å²) >= 11 is 3.70. The maximum Gasteiger partial charge on any atom is 0.0482 e. The molecule has 1 aromatic rings. The van der Waals surface area contributed by atoms with Crippen LogP contribution in [0, 0.1) is 10.8 Å². The van der Waals surface area contributed by atoms with Crippen molar-refractivity contribution in [3.05, 3.63) is 24.3 Å². The Morgan fingerprint density at radius 3 is 1.32 bits per heavy atom. The van der Waals surface area contributed by atoms with Gasteiger partial charge in [-0.1, -0.05) is 27.7 Å². The second kappa shape index (κ2) is 9.21. The van der Waals surface area contributed by atoms with Gasteiger partial charge in [-0.25, -0.2) is 0 Å². The molecule has 2 nitrogen and oxygen atoms in total. The molecule has 0 aliphatic heterocycles. The summed E-state index contributed by atoms with van der Waals surface area (Å²) in [5.74, 6) is 2.06. The number of rotatable bonds is 10. The Morgan fingerprint density at radius 2 is 1.05 bits per heavy atom. The zero-order valence-corrected chi connectivity index (χ0v) is 15.9. The van der Waals surface area contributed by atoms with Crippen molar-refractivity contribution in [2.24, 2.45) is 10.8 Å². The van der Waals surface area contributed by atoms with E-state index >= 15 is 0 Å². The highest BCUT2D eigenvalue weighted by atomic mass is 32.2. The van der Waals surface area contributed by atoms with E-state index in [1.165, 1.54) is 9.79 Å². The van der Waals surface area contributed by atoms with Crippen LogP contribution in [0.25, 0.3) is 0 Å². The number of hydrogen-bond acceptors (Lipinski definition) is 4. The third-order valence-corrected chi connectivity index (χ3v) is 5.80. The van der Waals surface area contributed by atoms with Gasteiger partial charge in [0.1, 0.15) is 0 Å². The summed E-state index contributed by atoms with van der Waals surface area (Å²) in [6, 6.07) is 8.71. The van der Waals surface area contributed by atoms with E-state index in [0.717, 1.165) is 24.3 Å². The molecule has 0 atom stereocenters. The topological polar surface area (TPSA) is 40.5 Å². The van der Waals surface area contributed by atoms with Crippen molar-refractivity contribution in [3.8, 4) is 0 Å². The maximum absolute atomic E-state index is 9.26. The minimum atomic E-state index is 0.0162. The van der Waals surface area contributed by atoms with E-state index in [2.05, 4.69) is 52.0 Å². The number of aliphatic hydroxyl groups excluding tert-OH is 2. The van der Waals surface area contributed by atoms with E-state index in [0.29, 0.717) is 0 Å². The third kappa shape index (κ3) is 7.91. The second-order valence-electron chi connectivity index (χ2n) is 7.31. The highest BCUT2D eigenvalue weighted by Crippen LogP contribution is 2.29. The lowest BCUT2D eigenvalue weighted by atomic mass is 9.92. The Bertz CT molecular complexity index is 386. The molecule has 0 amide bonds. The van der Waals surface area contributed by atoms with Crippen LogP contribution in [0.5, 0.6) is 0 Å². The fourth-order valence-corrected chi connectivity index (χ4v) is 4.12. The van der Waals surface area contributed by atoms with E-state index in [4.69, 9.17) is 0 Å². The summed E-state index contributed by atoms with van der Waals surface area (Å²) in [6.07, 6.45) is 2.03. The molecule has 0 aromatic heterocycles. The summed E-state index contributed by atoms with van der Waals surface area (Å²) in [5, 5.41) is 18.5. The lowest BCUT2D eigenvalue weighted by molar-refractivity contribution is 0.157. The van der Waals surface area contributed by atoms with Gasteiger partial charge in [0.25, 0.3) is 0 Å². The highest BCUT2D eigenvalue weighted by Gasteiger charge is 2.16. The van der Waals surface area contributed by atoms with Crippen molar-refractivity contribution in [3.63, 3.8) is 0 Å². The Balaban J connectivity index is 2.34. The Morgan fingerprint density at radius 1 is 0.727 bits per heavy atom. The number of hydrogen-bond donors (Lipinski definition) is 2. The second-order valence-corrected chi connectivity index (χ2v) is 9.65. The van der Waals surface area contributed by atoms with Gasteiger partial charge in [0, 0.05) is 23.0 Å². The normalized spacial score (nSPS) is 12.6. The van der Waals surface area contributed by atoms with Crippen LogP contribution in [0.15, 0.2) is 34.1 Å². The molecule has 0 saturated carbocycles. The first-order chi connectivity index (χ1) is 10.3. The van der Waals surface area contributed by atoms with Crippen LogP contribution in [0.1, 0.15) is 40.5 Å².